The Bertz CT molecular complexity index is 966. The average Bonchev–Trinajstić information content (AvgIpc) is 2.65. The quantitative estimate of drug-likeness (QED) is 0.634. The Morgan fingerprint density at radius 1 is 1.00 bits per heavy atom. The summed E-state index contributed by atoms with van der Waals surface area (Å²) in [5.41, 5.74) is 0.995. The van der Waals surface area contributed by atoms with Gasteiger partial charge in [0.15, 0.2) is 0 Å². The van der Waals surface area contributed by atoms with Crippen molar-refractivity contribution in [3.05, 3.63) is 59.7 Å². The fourth-order valence-corrected chi connectivity index (χ4v) is 2.59. The van der Waals surface area contributed by atoms with Crippen molar-refractivity contribution in [2.24, 2.45) is 0 Å². The maximum Gasteiger partial charge on any atom is 0.416 e. The highest BCUT2D eigenvalue weighted by Crippen LogP contribution is 2.33. The average molecular weight is 361 g/mol. The van der Waals surface area contributed by atoms with Gasteiger partial charge in [-0.25, -0.2) is 9.78 Å². The van der Waals surface area contributed by atoms with Gasteiger partial charge in [-0.3, -0.25) is 0 Å². The molecule has 0 fully saturated rings. The molecular formula is C19H14F3NO3. The predicted molar refractivity (Wildman–Crippen MR) is 90.1 cm³/mol. The van der Waals surface area contributed by atoms with Gasteiger partial charge >= 0.3 is 12.1 Å². The third-order valence-electron chi connectivity index (χ3n) is 3.92. The fourth-order valence-electron chi connectivity index (χ4n) is 2.59. The topological polar surface area (TPSA) is 48.4 Å². The Morgan fingerprint density at radius 2 is 1.69 bits per heavy atom. The zero-order chi connectivity index (χ0) is 18.9. The van der Waals surface area contributed by atoms with Gasteiger partial charge in [-0.2, -0.15) is 13.2 Å². The van der Waals surface area contributed by atoms with Crippen molar-refractivity contribution in [3.63, 3.8) is 0 Å². The maximum absolute atomic E-state index is 12.7. The van der Waals surface area contributed by atoms with Gasteiger partial charge in [0.05, 0.1) is 36.6 Å². The molecule has 0 aliphatic heterocycles. The lowest BCUT2D eigenvalue weighted by Crippen LogP contribution is -2.04. The van der Waals surface area contributed by atoms with Gasteiger partial charge in [0.2, 0.25) is 0 Å². The highest BCUT2D eigenvalue weighted by molar-refractivity contribution is 5.96. The van der Waals surface area contributed by atoms with Crippen molar-refractivity contribution < 1.29 is 27.4 Å². The van der Waals surface area contributed by atoms with E-state index in [-0.39, 0.29) is 0 Å². The third kappa shape index (κ3) is 3.33. The van der Waals surface area contributed by atoms with E-state index in [4.69, 9.17) is 9.47 Å². The number of halogens is 3. The number of rotatable bonds is 3. The SMILES string of the molecule is COC(=O)c1ccc2c(OC)cc(-c3ccc(C(F)(F)F)cc3)nc2c1. The zero-order valence-electron chi connectivity index (χ0n) is 13.9. The number of carbonyl (C=O) groups is 1. The van der Waals surface area contributed by atoms with E-state index in [1.807, 2.05) is 0 Å². The first kappa shape index (κ1) is 17.7. The van der Waals surface area contributed by atoms with E-state index in [0.29, 0.717) is 33.5 Å². The number of methoxy groups -OCH3 is 2. The van der Waals surface area contributed by atoms with Crippen LogP contribution in [-0.2, 0) is 10.9 Å². The van der Waals surface area contributed by atoms with Gasteiger partial charge in [0, 0.05) is 17.0 Å². The first-order chi connectivity index (χ1) is 12.3. The van der Waals surface area contributed by atoms with E-state index >= 15 is 0 Å². The number of hydrogen-bond donors (Lipinski definition) is 0. The molecule has 0 radical (unpaired) electrons. The van der Waals surface area contributed by atoms with Crippen LogP contribution in [0.25, 0.3) is 22.2 Å². The van der Waals surface area contributed by atoms with E-state index in [1.54, 1.807) is 24.3 Å². The lowest BCUT2D eigenvalue weighted by atomic mass is 10.1. The number of hydrogen-bond acceptors (Lipinski definition) is 4. The summed E-state index contributed by atoms with van der Waals surface area (Å²) in [7, 11) is 2.76. The van der Waals surface area contributed by atoms with E-state index in [0.717, 1.165) is 12.1 Å². The van der Waals surface area contributed by atoms with Crippen molar-refractivity contribution >= 4 is 16.9 Å². The first-order valence-electron chi connectivity index (χ1n) is 7.58. The molecule has 134 valence electrons. The summed E-state index contributed by atoms with van der Waals surface area (Å²) in [6.07, 6.45) is -4.40. The van der Waals surface area contributed by atoms with Crippen LogP contribution in [0.4, 0.5) is 13.2 Å². The monoisotopic (exact) mass is 361 g/mol. The number of benzene rings is 2. The van der Waals surface area contributed by atoms with E-state index in [1.165, 1.54) is 26.4 Å². The second kappa shape index (κ2) is 6.67. The minimum atomic E-state index is -4.40. The largest absolute Gasteiger partial charge is 0.496 e. The number of aromatic nitrogens is 1. The molecule has 0 N–H and O–H groups in total. The molecule has 0 saturated carbocycles. The molecule has 0 atom stereocenters. The number of pyridine rings is 1. The van der Waals surface area contributed by atoms with E-state index in [9.17, 15) is 18.0 Å². The summed E-state index contributed by atoms with van der Waals surface area (Å²) in [6.45, 7) is 0. The normalized spacial score (nSPS) is 11.4. The van der Waals surface area contributed by atoms with Crippen LogP contribution in [-0.4, -0.2) is 25.2 Å². The van der Waals surface area contributed by atoms with Crippen LogP contribution in [0.1, 0.15) is 15.9 Å². The minimum absolute atomic E-state index is 0.319. The van der Waals surface area contributed by atoms with Crippen molar-refractivity contribution in [3.8, 4) is 17.0 Å². The number of carbonyl (C=O) groups excluding carboxylic acids is 1. The molecule has 3 rings (SSSR count). The summed E-state index contributed by atoms with van der Waals surface area (Å²) in [5, 5.41) is 0.677. The van der Waals surface area contributed by atoms with Gasteiger partial charge in [0.25, 0.3) is 0 Å². The second-order valence-corrected chi connectivity index (χ2v) is 5.51. The summed E-state index contributed by atoms with van der Waals surface area (Å²) in [6, 6.07) is 11.2. The molecule has 3 aromatic rings. The van der Waals surface area contributed by atoms with Crippen LogP contribution in [0, 0.1) is 0 Å². The number of alkyl halides is 3. The van der Waals surface area contributed by atoms with Crippen LogP contribution in [0.3, 0.4) is 0 Å². The van der Waals surface area contributed by atoms with Gasteiger partial charge in [-0.05, 0) is 30.3 Å². The molecule has 0 saturated heterocycles. The molecule has 0 spiro atoms. The van der Waals surface area contributed by atoms with Crippen molar-refractivity contribution in [2.75, 3.05) is 14.2 Å². The van der Waals surface area contributed by atoms with Crippen molar-refractivity contribution in [1.82, 2.24) is 4.98 Å². The van der Waals surface area contributed by atoms with Gasteiger partial charge in [-0.15, -0.1) is 0 Å². The highest BCUT2D eigenvalue weighted by atomic mass is 19.4. The zero-order valence-corrected chi connectivity index (χ0v) is 13.9. The Kier molecular flexibility index (Phi) is 4.54. The molecule has 0 unspecified atom stereocenters. The minimum Gasteiger partial charge on any atom is -0.496 e. The van der Waals surface area contributed by atoms with Crippen molar-refractivity contribution in [1.29, 1.82) is 0 Å². The summed E-state index contributed by atoms with van der Waals surface area (Å²) in [5.74, 6) is -0.00564. The fraction of sp³-hybridized carbons (Fsp3) is 0.158. The molecule has 0 aliphatic carbocycles. The molecule has 4 nitrogen and oxygen atoms in total. The van der Waals surface area contributed by atoms with E-state index < -0.39 is 17.7 Å². The Labute approximate surface area is 147 Å². The number of ether oxygens (including phenoxy) is 2. The summed E-state index contributed by atoms with van der Waals surface area (Å²) >= 11 is 0. The van der Waals surface area contributed by atoms with Gasteiger partial charge in [0.1, 0.15) is 5.75 Å². The van der Waals surface area contributed by atoms with Gasteiger partial charge in [-0.1, -0.05) is 12.1 Å². The first-order valence-corrected chi connectivity index (χ1v) is 7.58. The van der Waals surface area contributed by atoms with Crippen LogP contribution in [0.2, 0.25) is 0 Å². The van der Waals surface area contributed by atoms with Crippen LogP contribution >= 0.6 is 0 Å². The van der Waals surface area contributed by atoms with E-state index in [2.05, 4.69) is 4.98 Å². The second-order valence-electron chi connectivity index (χ2n) is 5.51. The molecule has 0 aliphatic rings. The molecule has 1 heterocycles. The Morgan fingerprint density at radius 3 is 2.27 bits per heavy atom. The maximum atomic E-state index is 12.7. The third-order valence-corrected chi connectivity index (χ3v) is 3.92. The number of esters is 1. The molecule has 0 amide bonds. The molecule has 7 heteroatoms. The van der Waals surface area contributed by atoms with Crippen molar-refractivity contribution in [2.45, 2.75) is 6.18 Å². The summed E-state index contributed by atoms with van der Waals surface area (Å²) < 4.78 is 48.2. The smallest absolute Gasteiger partial charge is 0.416 e. The molecule has 1 aromatic heterocycles. The standard InChI is InChI=1S/C19H14F3NO3/c1-25-17-10-15(11-3-6-13(7-4-11)19(20,21)22)23-16-9-12(18(24)26-2)5-8-14(16)17/h3-10H,1-2H3. The number of fused-ring (bicyclic) bond motifs is 1. The number of nitrogens with zero attached hydrogens (tertiary/aromatic N) is 1. The summed E-state index contributed by atoms with van der Waals surface area (Å²) in [4.78, 5) is 16.2. The molecule has 26 heavy (non-hydrogen) atoms. The molecule has 0 bridgehead atoms. The van der Waals surface area contributed by atoms with Crippen LogP contribution in [0.5, 0.6) is 5.75 Å². The van der Waals surface area contributed by atoms with Crippen LogP contribution in [0.15, 0.2) is 48.5 Å². The molecular weight excluding hydrogens is 347 g/mol. The van der Waals surface area contributed by atoms with Gasteiger partial charge < -0.3 is 9.47 Å². The molecule has 2 aromatic carbocycles. The predicted octanol–water partition coefficient (Wildman–Crippen LogP) is 4.72. The highest BCUT2D eigenvalue weighted by Gasteiger charge is 2.30. The Hall–Kier alpha value is -3.09. The lowest BCUT2D eigenvalue weighted by molar-refractivity contribution is -0.137. The Balaban J connectivity index is 2.12. The lowest BCUT2D eigenvalue weighted by Gasteiger charge is -2.11. The van der Waals surface area contributed by atoms with Crippen LogP contribution < -0.4 is 4.74 Å².